The number of ether oxygens (including phenoxy) is 6. The number of aliphatic hydroxyl groups excluding tert-OH is 8. The van der Waals surface area contributed by atoms with Crippen LogP contribution in [0.1, 0.15) is 120 Å². The van der Waals surface area contributed by atoms with Gasteiger partial charge in [0.05, 0.1) is 30.8 Å². The van der Waals surface area contributed by atoms with E-state index in [0.717, 1.165) is 51.4 Å². The lowest BCUT2D eigenvalue weighted by Gasteiger charge is -2.71. The molecule has 360 valence electrons. The van der Waals surface area contributed by atoms with E-state index in [1.54, 1.807) is 0 Å². The van der Waals surface area contributed by atoms with Gasteiger partial charge in [-0.1, -0.05) is 60.1 Å². The van der Waals surface area contributed by atoms with Crippen LogP contribution in [0.25, 0.3) is 0 Å². The second kappa shape index (κ2) is 16.7. The molecule has 7 fully saturated rings. The Labute approximate surface area is 371 Å². The molecule has 16 nitrogen and oxygen atoms in total. The highest BCUT2D eigenvalue weighted by Crippen LogP contribution is 2.76. The molecule has 8 aliphatic rings. The van der Waals surface area contributed by atoms with Gasteiger partial charge in [-0.15, -0.1) is 0 Å². The van der Waals surface area contributed by atoms with Crippen LogP contribution < -0.4 is 0 Å². The van der Waals surface area contributed by atoms with Crippen molar-refractivity contribution in [3.8, 4) is 0 Å². The lowest BCUT2D eigenvalue weighted by molar-refractivity contribution is -0.382. The Hall–Kier alpha value is -1.35. The maximum Gasteiger partial charge on any atom is 0.310 e. The van der Waals surface area contributed by atoms with E-state index in [1.807, 2.05) is 0 Å². The third kappa shape index (κ3) is 7.42. The first-order valence-electron chi connectivity index (χ1n) is 23.6. The van der Waals surface area contributed by atoms with Crippen molar-refractivity contribution >= 4 is 5.97 Å². The van der Waals surface area contributed by atoms with E-state index in [9.17, 15) is 50.8 Å². The average Bonchev–Trinajstić information content (AvgIpc) is 3.49. The fourth-order valence-electron chi connectivity index (χ4n) is 14.9. The summed E-state index contributed by atoms with van der Waals surface area (Å²) in [6, 6.07) is 0. The Morgan fingerprint density at radius 3 is 1.94 bits per heavy atom. The number of rotatable bonds is 9. The minimum Gasteiger partial charge on any atom is -0.481 e. The molecule has 0 aromatic rings. The summed E-state index contributed by atoms with van der Waals surface area (Å²) >= 11 is 0. The largest absolute Gasteiger partial charge is 0.481 e. The minimum absolute atomic E-state index is 0.0204. The Morgan fingerprint density at radius 2 is 1.29 bits per heavy atom. The SMILES string of the molecule is CC1OC(OC2C(CO)OC(OC3CCC4(C)C(CCC5(C)C4CC=C4C6CC(C)(C)CCC6(C(=O)O)CCC45C)C3(C)C)C(OC3OC(CO)C(O)C3O)C2O)C(O)C(O)C1O. The molecule has 3 saturated heterocycles. The van der Waals surface area contributed by atoms with Crippen molar-refractivity contribution in [2.75, 3.05) is 13.2 Å². The summed E-state index contributed by atoms with van der Waals surface area (Å²) in [5.41, 5.74) is -0.00790. The van der Waals surface area contributed by atoms with Crippen molar-refractivity contribution in [1.82, 2.24) is 0 Å². The monoisotopic (exact) mass is 897 g/mol. The summed E-state index contributed by atoms with van der Waals surface area (Å²) < 4.78 is 36.9. The molecule has 22 atom stereocenters. The molecule has 0 amide bonds. The summed E-state index contributed by atoms with van der Waals surface area (Å²) in [6.45, 7) is 16.5. The predicted molar refractivity (Wildman–Crippen MR) is 223 cm³/mol. The molecule has 4 saturated carbocycles. The molecule has 9 N–H and O–H groups in total. The van der Waals surface area contributed by atoms with Crippen molar-refractivity contribution in [1.29, 1.82) is 0 Å². The van der Waals surface area contributed by atoms with Gasteiger partial charge < -0.3 is 74.4 Å². The highest BCUT2D eigenvalue weighted by Gasteiger charge is 2.70. The van der Waals surface area contributed by atoms with Crippen LogP contribution in [0.2, 0.25) is 0 Å². The van der Waals surface area contributed by atoms with Gasteiger partial charge in [-0.3, -0.25) is 4.79 Å². The van der Waals surface area contributed by atoms with Crippen molar-refractivity contribution in [2.24, 2.45) is 50.2 Å². The number of aliphatic hydroxyl groups is 8. The summed E-state index contributed by atoms with van der Waals surface area (Å²) in [6.07, 6.45) is -9.99. The first kappa shape index (κ1) is 48.1. The molecule has 3 heterocycles. The maximum absolute atomic E-state index is 13.1. The molecule has 63 heavy (non-hydrogen) atoms. The van der Waals surface area contributed by atoms with Crippen molar-refractivity contribution < 1.29 is 79.2 Å². The smallest absolute Gasteiger partial charge is 0.310 e. The Bertz CT molecular complexity index is 1720. The first-order chi connectivity index (χ1) is 29.4. The second-order valence-electron chi connectivity index (χ2n) is 23.0. The maximum atomic E-state index is 13.1. The van der Waals surface area contributed by atoms with Gasteiger partial charge in [0.15, 0.2) is 18.9 Å². The molecule has 22 unspecified atom stereocenters. The summed E-state index contributed by atoms with van der Waals surface area (Å²) in [5, 5.41) is 96.4. The Balaban J connectivity index is 1.06. The van der Waals surface area contributed by atoms with Crippen molar-refractivity contribution in [3.63, 3.8) is 0 Å². The molecule has 0 aromatic heterocycles. The fourth-order valence-corrected chi connectivity index (χ4v) is 14.9. The second-order valence-corrected chi connectivity index (χ2v) is 23.0. The number of hydrogen-bond donors (Lipinski definition) is 9. The molecule has 0 spiro atoms. The lowest BCUT2D eigenvalue weighted by Crippen LogP contribution is -2.67. The molecule has 5 aliphatic carbocycles. The van der Waals surface area contributed by atoms with Crippen LogP contribution in [0.3, 0.4) is 0 Å². The van der Waals surface area contributed by atoms with Gasteiger partial charge in [-0.2, -0.15) is 0 Å². The molecule has 0 bridgehead atoms. The number of hydrogen-bond acceptors (Lipinski definition) is 15. The fraction of sp³-hybridized carbons (Fsp3) is 0.936. The summed E-state index contributed by atoms with van der Waals surface area (Å²) in [7, 11) is 0. The number of carbonyl (C=O) groups is 1. The van der Waals surface area contributed by atoms with Crippen molar-refractivity contribution in [3.05, 3.63) is 11.6 Å². The zero-order valence-electron chi connectivity index (χ0n) is 38.3. The van der Waals surface area contributed by atoms with E-state index >= 15 is 0 Å². The molecule has 16 heteroatoms. The third-order valence-electron chi connectivity index (χ3n) is 19.0. The zero-order valence-corrected chi connectivity index (χ0v) is 38.3. The number of carboxylic acids is 1. The van der Waals surface area contributed by atoms with Gasteiger partial charge in [-0.25, -0.2) is 0 Å². The third-order valence-corrected chi connectivity index (χ3v) is 19.0. The van der Waals surface area contributed by atoms with Crippen LogP contribution in [0, 0.1) is 50.2 Å². The molecular weight excluding hydrogens is 821 g/mol. The van der Waals surface area contributed by atoms with E-state index in [0.29, 0.717) is 18.8 Å². The standard InChI is InChI=1S/C47H76O16/c1-22-30(50)32(52)34(54)38(58-22)62-36-26(21-49)60-40(37(35(36)55)63-39-33(53)31(51)25(20-48)59-39)61-29-12-13-44(6)27(43(29,4)5)11-14-46(8)28(44)10-9-23-24-19-42(2,3)15-17-47(24,41(56)57)18-16-45(23,46)7/h9,22,24-40,48-55H,10-21H2,1-8H3,(H,56,57). The van der Waals surface area contributed by atoms with E-state index in [2.05, 4.69) is 54.5 Å². The summed E-state index contributed by atoms with van der Waals surface area (Å²) in [4.78, 5) is 13.1. The molecule has 3 aliphatic heterocycles. The number of fused-ring (bicyclic) bond motifs is 7. The highest BCUT2D eigenvalue weighted by molar-refractivity contribution is 5.76. The zero-order chi connectivity index (χ0) is 46.0. The van der Waals surface area contributed by atoms with Crippen LogP contribution in [-0.2, 0) is 33.2 Å². The normalized spacial score (nSPS) is 53.9. The van der Waals surface area contributed by atoms with Crippen LogP contribution in [0.5, 0.6) is 0 Å². The van der Waals surface area contributed by atoms with E-state index in [-0.39, 0.29) is 33.5 Å². The average molecular weight is 897 g/mol. The molecule has 0 aromatic carbocycles. The van der Waals surface area contributed by atoms with Gasteiger partial charge >= 0.3 is 5.97 Å². The molecule has 8 rings (SSSR count). The van der Waals surface area contributed by atoms with E-state index in [1.165, 1.54) is 12.5 Å². The van der Waals surface area contributed by atoms with Gasteiger partial charge in [0.25, 0.3) is 0 Å². The number of allylic oxidation sites excluding steroid dienone is 2. The Morgan fingerprint density at radius 1 is 0.667 bits per heavy atom. The predicted octanol–water partition coefficient (Wildman–Crippen LogP) is 2.37. The van der Waals surface area contributed by atoms with Gasteiger partial charge in [-0.05, 0) is 116 Å². The van der Waals surface area contributed by atoms with Crippen LogP contribution in [-0.4, -0.2) is 157 Å². The van der Waals surface area contributed by atoms with Gasteiger partial charge in [0.1, 0.15) is 61.0 Å². The topological polar surface area (TPSA) is 255 Å². The minimum atomic E-state index is -1.73. The van der Waals surface area contributed by atoms with Crippen LogP contribution in [0.4, 0.5) is 0 Å². The molecule has 0 radical (unpaired) electrons. The van der Waals surface area contributed by atoms with Crippen LogP contribution in [0.15, 0.2) is 11.6 Å². The summed E-state index contributed by atoms with van der Waals surface area (Å²) in [5.74, 6) is -0.0937. The van der Waals surface area contributed by atoms with E-state index < -0.39 is 122 Å². The first-order valence-corrected chi connectivity index (χ1v) is 23.6. The van der Waals surface area contributed by atoms with Gasteiger partial charge in [0.2, 0.25) is 0 Å². The lowest BCUT2D eigenvalue weighted by atomic mass is 9.33. The number of aliphatic carboxylic acids is 1. The highest BCUT2D eigenvalue weighted by atomic mass is 16.8. The quantitative estimate of drug-likeness (QED) is 0.119. The number of carboxylic acid groups (broad SMARTS) is 1. The van der Waals surface area contributed by atoms with Crippen LogP contribution >= 0.6 is 0 Å². The van der Waals surface area contributed by atoms with E-state index in [4.69, 9.17) is 28.4 Å². The molecular formula is C47H76O16. The van der Waals surface area contributed by atoms with Crippen molar-refractivity contribution in [2.45, 2.75) is 212 Å². The van der Waals surface area contributed by atoms with Gasteiger partial charge in [0, 0.05) is 0 Å². The Kier molecular flexibility index (Phi) is 12.8.